The lowest BCUT2D eigenvalue weighted by Crippen LogP contribution is -2.00. The standard InChI is InChI=1S/C48H36N2/c1-33-21-24-35(25-22-33)42-26-23-34(2)44(32-42)43-20-12-19-41(31-43)36-27-29-40(30-28-36)48-47(39-17-10-5-11-18-39)49-45(37-13-6-3-7-14-37)46(50-48)38-15-8-4-9-16-38/h3-32H,1-2H3. The molecule has 0 N–H and O–H groups in total. The van der Waals surface area contributed by atoms with Crippen LogP contribution in [0.2, 0.25) is 0 Å². The molecule has 1 aromatic heterocycles. The molecule has 0 bridgehead atoms. The first-order valence-corrected chi connectivity index (χ1v) is 17.1. The fourth-order valence-electron chi connectivity index (χ4n) is 6.57. The van der Waals surface area contributed by atoms with Crippen molar-refractivity contribution in [3.63, 3.8) is 0 Å². The highest BCUT2D eigenvalue weighted by Crippen LogP contribution is 2.38. The van der Waals surface area contributed by atoms with Gasteiger partial charge in [0.15, 0.2) is 0 Å². The highest BCUT2D eigenvalue weighted by molar-refractivity contribution is 5.87. The van der Waals surface area contributed by atoms with E-state index < -0.39 is 0 Å². The Kier molecular flexibility index (Phi) is 8.42. The average molecular weight is 641 g/mol. The van der Waals surface area contributed by atoms with Crippen LogP contribution >= 0.6 is 0 Å². The molecule has 0 atom stereocenters. The van der Waals surface area contributed by atoms with Gasteiger partial charge in [-0.2, -0.15) is 0 Å². The molecule has 0 saturated carbocycles. The van der Waals surface area contributed by atoms with Crippen LogP contribution in [0.5, 0.6) is 0 Å². The second-order valence-corrected chi connectivity index (χ2v) is 12.8. The summed E-state index contributed by atoms with van der Waals surface area (Å²) in [7, 11) is 0. The Hall–Kier alpha value is -6.38. The Morgan fingerprint density at radius 3 is 1.14 bits per heavy atom. The van der Waals surface area contributed by atoms with E-state index in [1.165, 1.54) is 38.9 Å². The summed E-state index contributed by atoms with van der Waals surface area (Å²) in [6.07, 6.45) is 0. The summed E-state index contributed by atoms with van der Waals surface area (Å²) in [5.74, 6) is 0. The molecular formula is C48H36N2. The first kappa shape index (κ1) is 30.9. The van der Waals surface area contributed by atoms with Crippen molar-refractivity contribution in [2.45, 2.75) is 13.8 Å². The topological polar surface area (TPSA) is 25.8 Å². The summed E-state index contributed by atoms with van der Waals surface area (Å²) in [5.41, 5.74) is 17.4. The molecular weight excluding hydrogens is 605 g/mol. The van der Waals surface area contributed by atoms with Gasteiger partial charge in [-0.25, -0.2) is 9.97 Å². The lowest BCUT2D eigenvalue weighted by Gasteiger charge is -2.16. The van der Waals surface area contributed by atoms with Crippen molar-refractivity contribution in [1.29, 1.82) is 0 Å². The van der Waals surface area contributed by atoms with Gasteiger partial charge in [0.2, 0.25) is 0 Å². The van der Waals surface area contributed by atoms with Crippen molar-refractivity contribution in [3.8, 4) is 78.4 Å². The van der Waals surface area contributed by atoms with Gasteiger partial charge in [0.25, 0.3) is 0 Å². The molecule has 2 heteroatoms. The van der Waals surface area contributed by atoms with Crippen LogP contribution in [0.1, 0.15) is 11.1 Å². The summed E-state index contributed by atoms with van der Waals surface area (Å²) in [5, 5.41) is 0. The predicted octanol–water partition coefficient (Wildman–Crippen LogP) is 12.8. The SMILES string of the molecule is Cc1ccc(-c2ccc(C)c(-c3cccc(-c4ccc(-c5nc(-c6ccccc6)c(-c6ccccc6)nc5-c5ccccc5)cc4)c3)c2)cc1. The van der Waals surface area contributed by atoms with Crippen LogP contribution in [0.4, 0.5) is 0 Å². The zero-order chi connectivity index (χ0) is 33.9. The normalized spacial score (nSPS) is 11.0. The number of hydrogen-bond acceptors (Lipinski definition) is 2. The summed E-state index contributed by atoms with van der Waals surface area (Å²) in [6.45, 7) is 4.31. The van der Waals surface area contributed by atoms with Crippen molar-refractivity contribution < 1.29 is 0 Å². The fourth-order valence-corrected chi connectivity index (χ4v) is 6.57. The lowest BCUT2D eigenvalue weighted by atomic mass is 9.92. The van der Waals surface area contributed by atoms with Crippen LogP contribution in [-0.2, 0) is 0 Å². The third-order valence-corrected chi connectivity index (χ3v) is 9.33. The summed E-state index contributed by atoms with van der Waals surface area (Å²) in [4.78, 5) is 10.8. The molecule has 7 aromatic carbocycles. The maximum absolute atomic E-state index is 5.41. The molecule has 0 aliphatic rings. The predicted molar refractivity (Wildman–Crippen MR) is 210 cm³/mol. The Bertz CT molecular complexity index is 2400. The molecule has 0 aliphatic carbocycles. The maximum Gasteiger partial charge on any atom is 0.0973 e. The van der Waals surface area contributed by atoms with E-state index in [2.05, 4.69) is 178 Å². The van der Waals surface area contributed by atoms with Gasteiger partial charge in [0, 0.05) is 22.3 Å². The molecule has 2 nitrogen and oxygen atoms in total. The van der Waals surface area contributed by atoms with Gasteiger partial charge < -0.3 is 0 Å². The number of aromatic nitrogens is 2. The van der Waals surface area contributed by atoms with Gasteiger partial charge in [-0.3, -0.25) is 0 Å². The molecule has 0 spiro atoms. The highest BCUT2D eigenvalue weighted by atomic mass is 14.9. The van der Waals surface area contributed by atoms with Crippen molar-refractivity contribution in [2.24, 2.45) is 0 Å². The third kappa shape index (κ3) is 6.27. The highest BCUT2D eigenvalue weighted by Gasteiger charge is 2.19. The van der Waals surface area contributed by atoms with Gasteiger partial charge in [-0.1, -0.05) is 175 Å². The Morgan fingerprint density at radius 2 is 0.640 bits per heavy atom. The molecule has 1 heterocycles. The minimum absolute atomic E-state index is 0.860. The van der Waals surface area contributed by atoms with Crippen molar-refractivity contribution in [1.82, 2.24) is 9.97 Å². The van der Waals surface area contributed by atoms with E-state index in [-0.39, 0.29) is 0 Å². The van der Waals surface area contributed by atoms with E-state index in [0.29, 0.717) is 0 Å². The van der Waals surface area contributed by atoms with E-state index in [1.807, 2.05) is 18.2 Å². The number of rotatable bonds is 7. The Morgan fingerprint density at radius 1 is 0.280 bits per heavy atom. The molecule has 0 unspecified atom stereocenters. The Labute approximate surface area is 294 Å². The Balaban J connectivity index is 1.20. The smallest absolute Gasteiger partial charge is 0.0973 e. The molecule has 0 saturated heterocycles. The molecule has 0 amide bonds. The molecule has 50 heavy (non-hydrogen) atoms. The molecule has 0 fully saturated rings. The quantitative estimate of drug-likeness (QED) is 0.173. The summed E-state index contributed by atoms with van der Waals surface area (Å²) in [6, 6.07) is 64.2. The van der Waals surface area contributed by atoms with Crippen molar-refractivity contribution in [2.75, 3.05) is 0 Å². The maximum atomic E-state index is 5.41. The van der Waals surface area contributed by atoms with Crippen LogP contribution < -0.4 is 0 Å². The van der Waals surface area contributed by atoms with Crippen LogP contribution in [0.3, 0.4) is 0 Å². The van der Waals surface area contributed by atoms with E-state index in [4.69, 9.17) is 9.97 Å². The summed E-state index contributed by atoms with van der Waals surface area (Å²) >= 11 is 0. The molecule has 0 radical (unpaired) electrons. The van der Waals surface area contributed by atoms with Crippen molar-refractivity contribution >= 4 is 0 Å². The first-order valence-electron chi connectivity index (χ1n) is 17.1. The van der Waals surface area contributed by atoms with E-state index in [0.717, 1.165) is 50.6 Å². The number of nitrogens with zero attached hydrogens (tertiary/aromatic N) is 2. The minimum Gasteiger partial charge on any atom is -0.243 e. The van der Waals surface area contributed by atoms with E-state index in [9.17, 15) is 0 Å². The summed E-state index contributed by atoms with van der Waals surface area (Å²) < 4.78 is 0. The lowest BCUT2D eigenvalue weighted by molar-refractivity contribution is 1.21. The molecule has 0 aliphatic heterocycles. The first-order chi connectivity index (χ1) is 24.6. The zero-order valence-corrected chi connectivity index (χ0v) is 28.2. The van der Waals surface area contributed by atoms with Crippen LogP contribution in [0, 0.1) is 13.8 Å². The van der Waals surface area contributed by atoms with Crippen LogP contribution in [0.15, 0.2) is 182 Å². The van der Waals surface area contributed by atoms with Gasteiger partial charge in [0.05, 0.1) is 22.8 Å². The van der Waals surface area contributed by atoms with Gasteiger partial charge in [0.1, 0.15) is 0 Å². The molecule has 238 valence electrons. The second kappa shape index (κ2) is 13.6. The number of benzene rings is 7. The zero-order valence-electron chi connectivity index (χ0n) is 28.2. The van der Waals surface area contributed by atoms with Crippen LogP contribution in [0.25, 0.3) is 78.4 Å². The largest absolute Gasteiger partial charge is 0.243 e. The third-order valence-electron chi connectivity index (χ3n) is 9.33. The van der Waals surface area contributed by atoms with Gasteiger partial charge in [-0.05, 0) is 64.9 Å². The van der Waals surface area contributed by atoms with E-state index in [1.54, 1.807) is 0 Å². The molecule has 8 rings (SSSR count). The van der Waals surface area contributed by atoms with Crippen molar-refractivity contribution in [3.05, 3.63) is 193 Å². The second-order valence-electron chi connectivity index (χ2n) is 12.8. The van der Waals surface area contributed by atoms with Gasteiger partial charge >= 0.3 is 0 Å². The monoisotopic (exact) mass is 640 g/mol. The molecule has 8 aromatic rings. The van der Waals surface area contributed by atoms with E-state index >= 15 is 0 Å². The van der Waals surface area contributed by atoms with Gasteiger partial charge in [-0.15, -0.1) is 0 Å². The minimum atomic E-state index is 0.860. The number of aryl methyl sites for hydroxylation is 2. The number of hydrogen-bond donors (Lipinski definition) is 0. The average Bonchev–Trinajstić information content (AvgIpc) is 3.19. The fraction of sp³-hybridized carbons (Fsp3) is 0.0417. The van der Waals surface area contributed by atoms with Crippen LogP contribution in [-0.4, -0.2) is 9.97 Å².